The lowest BCUT2D eigenvalue weighted by atomic mass is 10.1. The second kappa shape index (κ2) is 9.04. The van der Waals surface area contributed by atoms with E-state index in [9.17, 15) is 18.0 Å². The largest absolute Gasteiger partial charge is 0.484 e. The fraction of sp³-hybridized carbons (Fsp3) is 0.143. The van der Waals surface area contributed by atoms with Crippen molar-refractivity contribution in [2.75, 3.05) is 6.61 Å². The van der Waals surface area contributed by atoms with Gasteiger partial charge in [-0.05, 0) is 55.0 Å². The lowest BCUT2D eigenvalue weighted by Crippen LogP contribution is -2.24. The van der Waals surface area contributed by atoms with Crippen molar-refractivity contribution in [1.82, 2.24) is 5.43 Å². The number of halogens is 4. The van der Waals surface area contributed by atoms with Crippen molar-refractivity contribution in [3.63, 3.8) is 0 Å². The lowest BCUT2D eigenvalue weighted by molar-refractivity contribution is -0.137. The van der Waals surface area contributed by atoms with Crippen LogP contribution in [0.25, 0.3) is 11.3 Å². The third-order valence-corrected chi connectivity index (χ3v) is 4.41. The van der Waals surface area contributed by atoms with Crippen LogP contribution in [0.1, 0.15) is 16.9 Å². The van der Waals surface area contributed by atoms with E-state index in [0.717, 1.165) is 17.7 Å². The Labute approximate surface area is 175 Å². The van der Waals surface area contributed by atoms with Gasteiger partial charge in [-0.2, -0.15) is 18.3 Å². The van der Waals surface area contributed by atoms with Gasteiger partial charge < -0.3 is 9.15 Å². The molecule has 156 valence electrons. The number of nitrogens with one attached hydrogen (secondary N) is 1. The zero-order chi connectivity index (χ0) is 21.7. The van der Waals surface area contributed by atoms with Gasteiger partial charge in [-0.25, -0.2) is 5.43 Å². The predicted octanol–water partition coefficient (Wildman–Crippen LogP) is 5.46. The van der Waals surface area contributed by atoms with Crippen LogP contribution in [0.4, 0.5) is 13.2 Å². The maximum atomic E-state index is 12.8. The first kappa shape index (κ1) is 21.4. The molecule has 9 heteroatoms. The molecule has 0 fully saturated rings. The van der Waals surface area contributed by atoms with Gasteiger partial charge >= 0.3 is 6.18 Å². The Morgan fingerprint density at radius 2 is 2.00 bits per heavy atom. The molecule has 1 amide bonds. The molecule has 0 atom stereocenters. The summed E-state index contributed by atoms with van der Waals surface area (Å²) in [6, 6.07) is 12.9. The van der Waals surface area contributed by atoms with Crippen LogP contribution in [-0.2, 0) is 11.0 Å². The van der Waals surface area contributed by atoms with Crippen molar-refractivity contribution in [1.29, 1.82) is 0 Å². The number of hydrogen-bond acceptors (Lipinski definition) is 4. The van der Waals surface area contributed by atoms with E-state index in [-0.39, 0.29) is 23.7 Å². The van der Waals surface area contributed by atoms with Gasteiger partial charge in [-0.15, -0.1) is 0 Å². The summed E-state index contributed by atoms with van der Waals surface area (Å²) in [6.07, 6.45) is -3.20. The second-order valence-corrected chi connectivity index (χ2v) is 6.68. The Kier molecular flexibility index (Phi) is 6.47. The average molecular weight is 437 g/mol. The molecule has 30 heavy (non-hydrogen) atoms. The number of carbonyl (C=O) groups excluding carboxylic acids is 1. The molecule has 0 saturated carbocycles. The van der Waals surface area contributed by atoms with Crippen molar-refractivity contribution in [3.05, 3.63) is 76.5 Å². The van der Waals surface area contributed by atoms with Crippen LogP contribution in [0, 0.1) is 6.92 Å². The van der Waals surface area contributed by atoms with Crippen molar-refractivity contribution < 1.29 is 27.1 Å². The molecule has 0 aliphatic heterocycles. The molecule has 0 saturated heterocycles. The maximum absolute atomic E-state index is 12.8. The van der Waals surface area contributed by atoms with E-state index in [1.54, 1.807) is 18.2 Å². The molecular formula is C21H16ClF3N2O3. The van der Waals surface area contributed by atoms with Crippen molar-refractivity contribution in [3.8, 4) is 17.1 Å². The summed E-state index contributed by atoms with van der Waals surface area (Å²) in [5.74, 6) is 0.503. The number of nitrogens with zero attached hydrogens (tertiary/aromatic N) is 1. The fourth-order valence-electron chi connectivity index (χ4n) is 2.48. The number of ether oxygens (including phenoxy) is 1. The van der Waals surface area contributed by atoms with E-state index in [1.807, 2.05) is 6.92 Å². The predicted molar refractivity (Wildman–Crippen MR) is 107 cm³/mol. The minimum atomic E-state index is -4.44. The number of aryl methyl sites for hydroxylation is 1. The standard InChI is InChI=1S/C21H16ClF3N2O3/c1-13-9-16(5-7-18(13)22)29-12-20(28)27-26-11-17-6-8-19(30-17)14-3-2-4-15(10-14)21(23,24)25/h2-11H,12H2,1H3,(H,27,28). The quantitative estimate of drug-likeness (QED) is 0.412. The Balaban J connectivity index is 1.55. The molecule has 1 heterocycles. The summed E-state index contributed by atoms with van der Waals surface area (Å²) in [7, 11) is 0. The summed E-state index contributed by atoms with van der Waals surface area (Å²) in [5.41, 5.74) is 2.61. The molecule has 3 rings (SSSR count). The van der Waals surface area contributed by atoms with E-state index in [0.29, 0.717) is 10.8 Å². The second-order valence-electron chi connectivity index (χ2n) is 6.27. The average Bonchev–Trinajstić information content (AvgIpc) is 3.17. The van der Waals surface area contributed by atoms with Crippen LogP contribution >= 0.6 is 11.6 Å². The summed E-state index contributed by atoms with van der Waals surface area (Å²) in [5, 5.41) is 4.35. The number of amides is 1. The molecule has 1 N–H and O–H groups in total. The molecule has 0 spiro atoms. The summed E-state index contributed by atoms with van der Waals surface area (Å²) in [6.45, 7) is 1.56. The molecule has 1 aromatic heterocycles. The van der Waals surface area contributed by atoms with E-state index in [4.69, 9.17) is 20.8 Å². The molecule has 0 aliphatic rings. The van der Waals surface area contributed by atoms with Gasteiger partial charge in [0.1, 0.15) is 17.3 Å². The minimum absolute atomic E-state index is 0.246. The lowest BCUT2D eigenvalue weighted by Gasteiger charge is -2.07. The first-order valence-corrected chi connectivity index (χ1v) is 9.08. The van der Waals surface area contributed by atoms with Crippen LogP contribution in [0.15, 0.2) is 64.1 Å². The van der Waals surface area contributed by atoms with Gasteiger partial charge in [0.15, 0.2) is 6.61 Å². The van der Waals surface area contributed by atoms with E-state index in [1.165, 1.54) is 30.5 Å². The molecule has 5 nitrogen and oxygen atoms in total. The van der Waals surface area contributed by atoms with E-state index in [2.05, 4.69) is 10.5 Å². The first-order chi connectivity index (χ1) is 14.2. The first-order valence-electron chi connectivity index (χ1n) is 8.71. The molecule has 2 aromatic carbocycles. The van der Waals surface area contributed by atoms with Crippen LogP contribution in [0.3, 0.4) is 0 Å². The third-order valence-electron chi connectivity index (χ3n) is 3.98. The number of rotatable bonds is 6. The Morgan fingerprint density at radius 1 is 1.20 bits per heavy atom. The monoisotopic (exact) mass is 436 g/mol. The van der Waals surface area contributed by atoms with Gasteiger partial charge in [0.2, 0.25) is 0 Å². The highest BCUT2D eigenvalue weighted by Crippen LogP contribution is 2.32. The van der Waals surface area contributed by atoms with Crippen molar-refractivity contribution in [2.45, 2.75) is 13.1 Å². The van der Waals surface area contributed by atoms with Crippen molar-refractivity contribution >= 4 is 23.7 Å². The van der Waals surface area contributed by atoms with E-state index < -0.39 is 17.6 Å². The van der Waals surface area contributed by atoms with Gasteiger partial charge in [-0.3, -0.25) is 4.79 Å². The number of hydrogen-bond donors (Lipinski definition) is 1. The summed E-state index contributed by atoms with van der Waals surface area (Å²) in [4.78, 5) is 11.8. The summed E-state index contributed by atoms with van der Waals surface area (Å²) >= 11 is 5.93. The van der Waals surface area contributed by atoms with Gasteiger partial charge in [-0.1, -0.05) is 23.7 Å². The number of furan rings is 1. The van der Waals surface area contributed by atoms with Crippen LogP contribution in [0.5, 0.6) is 5.75 Å². The molecule has 0 unspecified atom stereocenters. The molecular weight excluding hydrogens is 421 g/mol. The normalized spacial score (nSPS) is 11.6. The van der Waals surface area contributed by atoms with Crippen molar-refractivity contribution in [2.24, 2.45) is 5.10 Å². The van der Waals surface area contributed by atoms with Crippen LogP contribution in [-0.4, -0.2) is 18.7 Å². The van der Waals surface area contributed by atoms with Gasteiger partial charge in [0, 0.05) is 10.6 Å². The number of benzene rings is 2. The summed E-state index contributed by atoms with van der Waals surface area (Å²) < 4.78 is 49.3. The smallest absolute Gasteiger partial charge is 0.416 e. The Bertz CT molecular complexity index is 1080. The number of hydrazone groups is 1. The SMILES string of the molecule is Cc1cc(OCC(=O)NN=Cc2ccc(-c3cccc(C(F)(F)F)c3)o2)ccc1Cl. The highest BCUT2D eigenvalue weighted by Gasteiger charge is 2.30. The van der Waals surface area contributed by atoms with Gasteiger partial charge in [0.05, 0.1) is 11.8 Å². The molecule has 0 radical (unpaired) electrons. The zero-order valence-corrected chi connectivity index (χ0v) is 16.4. The molecule has 0 bridgehead atoms. The fourth-order valence-corrected chi connectivity index (χ4v) is 2.60. The van der Waals surface area contributed by atoms with Crippen LogP contribution in [0.2, 0.25) is 5.02 Å². The maximum Gasteiger partial charge on any atom is 0.416 e. The van der Waals surface area contributed by atoms with Crippen LogP contribution < -0.4 is 10.2 Å². The zero-order valence-electron chi connectivity index (χ0n) is 15.7. The Hall–Kier alpha value is -3.26. The van der Waals surface area contributed by atoms with E-state index >= 15 is 0 Å². The minimum Gasteiger partial charge on any atom is -0.484 e. The number of alkyl halides is 3. The Morgan fingerprint density at radius 3 is 2.73 bits per heavy atom. The number of carbonyl (C=O) groups is 1. The van der Waals surface area contributed by atoms with Gasteiger partial charge in [0.25, 0.3) is 5.91 Å². The molecule has 0 aliphatic carbocycles. The highest BCUT2D eigenvalue weighted by molar-refractivity contribution is 6.31. The third kappa shape index (κ3) is 5.64. The topological polar surface area (TPSA) is 63.8 Å². The molecule has 3 aromatic rings. The highest BCUT2D eigenvalue weighted by atomic mass is 35.5.